The van der Waals surface area contributed by atoms with Crippen molar-refractivity contribution in [3.63, 3.8) is 0 Å². The third-order valence-electron chi connectivity index (χ3n) is 2.85. The number of benzene rings is 1. The van der Waals surface area contributed by atoms with Gasteiger partial charge in [-0.2, -0.15) is 0 Å². The van der Waals surface area contributed by atoms with Crippen molar-refractivity contribution in [2.24, 2.45) is 0 Å². The highest BCUT2D eigenvalue weighted by Crippen LogP contribution is 2.21. The first-order valence-electron chi connectivity index (χ1n) is 5.95. The van der Waals surface area contributed by atoms with E-state index in [0.717, 1.165) is 25.9 Å². The van der Waals surface area contributed by atoms with Crippen LogP contribution in [-0.4, -0.2) is 19.3 Å². The van der Waals surface area contributed by atoms with Gasteiger partial charge in [0.15, 0.2) is 0 Å². The van der Waals surface area contributed by atoms with Crippen LogP contribution in [-0.2, 0) is 4.74 Å². The van der Waals surface area contributed by atoms with Crippen LogP contribution in [0.1, 0.15) is 25.7 Å². The average Bonchev–Trinajstić information content (AvgIpc) is 2.82. The lowest BCUT2D eigenvalue weighted by molar-refractivity contribution is 0.0981. The second-order valence-electron chi connectivity index (χ2n) is 4.20. The van der Waals surface area contributed by atoms with Crippen molar-refractivity contribution in [3.8, 4) is 5.75 Å². The molecule has 1 fully saturated rings. The van der Waals surface area contributed by atoms with E-state index in [1.165, 1.54) is 12.5 Å². The van der Waals surface area contributed by atoms with Crippen LogP contribution in [0.5, 0.6) is 5.75 Å². The summed E-state index contributed by atoms with van der Waals surface area (Å²) < 4.78 is 24.7. The van der Waals surface area contributed by atoms with Crippen molar-refractivity contribution in [3.05, 3.63) is 28.5 Å². The molecular weight excluding hydrogens is 287 g/mol. The molecule has 1 aromatic carbocycles. The van der Waals surface area contributed by atoms with Crippen LogP contribution in [0, 0.1) is 5.82 Å². The van der Waals surface area contributed by atoms with Crippen molar-refractivity contribution < 1.29 is 13.9 Å². The molecule has 0 amide bonds. The molecule has 0 bridgehead atoms. The maximum atomic E-state index is 13.2. The molecule has 0 aromatic heterocycles. The van der Waals surface area contributed by atoms with E-state index in [-0.39, 0.29) is 5.82 Å². The fourth-order valence-electron chi connectivity index (χ4n) is 1.94. The normalized spacial score (nSPS) is 19.5. The molecule has 0 spiro atoms. The minimum atomic E-state index is -0.290. The Labute approximate surface area is 109 Å². The predicted molar refractivity (Wildman–Crippen MR) is 67.8 cm³/mol. The van der Waals surface area contributed by atoms with E-state index in [4.69, 9.17) is 9.47 Å². The number of rotatable bonds is 5. The second kappa shape index (κ2) is 6.36. The molecule has 0 aliphatic carbocycles. The first kappa shape index (κ1) is 12.8. The van der Waals surface area contributed by atoms with Crippen LogP contribution >= 0.6 is 15.9 Å². The second-order valence-corrected chi connectivity index (χ2v) is 5.06. The van der Waals surface area contributed by atoms with Gasteiger partial charge in [-0.3, -0.25) is 0 Å². The molecule has 1 atom stereocenters. The van der Waals surface area contributed by atoms with Gasteiger partial charge in [0.2, 0.25) is 0 Å². The van der Waals surface area contributed by atoms with Crippen LogP contribution in [0.15, 0.2) is 22.7 Å². The first-order valence-corrected chi connectivity index (χ1v) is 6.74. The monoisotopic (exact) mass is 302 g/mol. The zero-order valence-corrected chi connectivity index (χ0v) is 11.2. The van der Waals surface area contributed by atoms with Gasteiger partial charge in [-0.15, -0.1) is 0 Å². The van der Waals surface area contributed by atoms with Gasteiger partial charge in [-0.1, -0.05) is 0 Å². The average molecular weight is 303 g/mol. The molecule has 1 saturated heterocycles. The molecule has 4 heteroatoms. The Morgan fingerprint density at radius 2 is 2.35 bits per heavy atom. The highest BCUT2D eigenvalue weighted by Gasteiger charge is 2.14. The van der Waals surface area contributed by atoms with E-state index in [1.54, 1.807) is 12.1 Å². The van der Waals surface area contributed by atoms with Gasteiger partial charge in [0.25, 0.3) is 0 Å². The SMILES string of the molecule is Fc1cc(OCCCC2CCCO2)ccc1Br. The van der Waals surface area contributed by atoms with Crippen molar-refractivity contribution in [1.29, 1.82) is 0 Å². The van der Waals surface area contributed by atoms with Gasteiger partial charge >= 0.3 is 0 Å². The van der Waals surface area contributed by atoms with Gasteiger partial charge < -0.3 is 9.47 Å². The molecule has 94 valence electrons. The van der Waals surface area contributed by atoms with Crippen LogP contribution in [0.4, 0.5) is 4.39 Å². The standard InChI is InChI=1S/C13H16BrFO2/c14-12-6-5-11(9-13(12)15)17-8-2-4-10-3-1-7-16-10/h5-6,9-10H,1-4,7-8H2. The largest absolute Gasteiger partial charge is 0.493 e. The molecule has 17 heavy (non-hydrogen) atoms. The molecule has 1 heterocycles. The summed E-state index contributed by atoms with van der Waals surface area (Å²) in [5, 5.41) is 0. The number of hydrogen-bond donors (Lipinski definition) is 0. The Morgan fingerprint density at radius 1 is 1.47 bits per heavy atom. The van der Waals surface area contributed by atoms with Crippen molar-refractivity contribution in [1.82, 2.24) is 0 Å². The van der Waals surface area contributed by atoms with Gasteiger partial charge in [0.1, 0.15) is 11.6 Å². The highest BCUT2D eigenvalue weighted by atomic mass is 79.9. The zero-order chi connectivity index (χ0) is 12.1. The lowest BCUT2D eigenvalue weighted by Crippen LogP contribution is -2.07. The number of hydrogen-bond acceptors (Lipinski definition) is 2. The minimum absolute atomic E-state index is 0.290. The summed E-state index contributed by atoms with van der Waals surface area (Å²) in [6, 6.07) is 4.82. The predicted octanol–water partition coefficient (Wildman–Crippen LogP) is 3.93. The van der Waals surface area contributed by atoms with E-state index >= 15 is 0 Å². The number of halogens is 2. The van der Waals surface area contributed by atoms with Crippen molar-refractivity contribution in [2.75, 3.05) is 13.2 Å². The van der Waals surface area contributed by atoms with E-state index in [2.05, 4.69) is 15.9 Å². The lowest BCUT2D eigenvalue weighted by atomic mass is 10.1. The fraction of sp³-hybridized carbons (Fsp3) is 0.538. The van der Waals surface area contributed by atoms with E-state index in [0.29, 0.717) is 22.9 Å². The Bertz CT molecular complexity index is 364. The van der Waals surface area contributed by atoms with Gasteiger partial charge in [-0.25, -0.2) is 4.39 Å². The van der Waals surface area contributed by atoms with Crippen molar-refractivity contribution in [2.45, 2.75) is 31.8 Å². The van der Waals surface area contributed by atoms with Gasteiger partial charge in [0.05, 0.1) is 17.2 Å². The topological polar surface area (TPSA) is 18.5 Å². The summed E-state index contributed by atoms with van der Waals surface area (Å²) >= 11 is 3.11. The Hall–Kier alpha value is -0.610. The third kappa shape index (κ3) is 3.96. The summed E-state index contributed by atoms with van der Waals surface area (Å²) in [6.45, 7) is 1.50. The summed E-state index contributed by atoms with van der Waals surface area (Å²) in [7, 11) is 0. The first-order chi connectivity index (χ1) is 8.25. The Balaban J connectivity index is 1.68. The summed E-state index contributed by atoms with van der Waals surface area (Å²) in [5.74, 6) is 0.291. The lowest BCUT2D eigenvalue weighted by Gasteiger charge is -2.10. The molecule has 0 N–H and O–H groups in total. The van der Waals surface area contributed by atoms with E-state index in [9.17, 15) is 4.39 Å². The van der Waals surface area contributed by atoms with Crippen LogP contribution in [0.2, 0.25) is 0 Å². The molecule has 2 nitrogen and oxygen atoms in total. The summed E-state index contributed by atoms with van der Waals surface area (Å²) in [4.78, 5) is 0. The van der Waals surface area contributed by atoms with Crippen LogP contribution in [0.25, 0.3) is 0 Å². The Kier molecular flexibility index (Phi) is 4.80. The zero-order valence-electron chi connectivity index (χ0n) is 9.62. The minimum Gasteiger partial charge on any atom is -0.493 e. The highest BCUT2D eigenvalue weighted by molar-refractivity contribution is 9.10. The molecular formula is C13H16BrFO2. The molecule has 1 aliphatic heterocycles. The maximum Gasteiger partial charge on any atom is 0.141 e. The molecule has 1 aliphatic rings. The molecule has 2 rings (SSSR count). The molecule has 0 radical (unpaired) electrons. The summed E-state index contributed by atoms with van der Waals surface area (Å²) in [5.41, 5.74) is 0. The quantitative estimate of drug-likeness (QED) is 0.767. The Morgan fingerprint density at radius 3 is 3.06 bits per heavy atom. The molecule has 0 saturated carbocycles. The maximum absolute atomic E-state index is 13.2. The van der Waals surface area contributed by atoms with E-state index in [1.807, 2.05) is 0 Å². The molecule has 1 aromatic rings. The fourth-order valence-corrected chi connectivity index (χ4v) is 2.19. The van der Waals surface area contributed by atoms with Crippen LogP contribution < -0.4 is 4.74 Å². The number of ether oxygens (including phenoxy) is 2. The van der Waals surface area contributed by atoms with E-state index < -0.39 is 0 Å². The van der Waals surface area contributed by atoms with Crippen molar-refractivity contribution >= 4 is 15.9 Å². The van der Waals surface area contributed by atoms with Crippen LogP contribution in [0.3, 0.4) is 0 Å². The summed E-state index contributed by atoms with van der Waals surface area (Å²) in [6.07, 6.45) is 4.71. The molecule has 1 unspecified atom stereocenters. The smallest absolute Gasteiger partial charge is 0.141 e. The van der Waals surface area contributed by atoms with Gasteiger partial charge in [-0.05, 0) is 53.7 Å². The third-order valence-corrected chi connectivity index (χ3v) is 3.50. The van der Waals surface area contributed by atoms with Gasteiger partial charge in [0, 0.05) is 12.7 Å².